The molecule has 38 heavy (non-hydrogen) atoms. The molecular formula is C30H30N2O5S. The van der Waals surface area contributed by atoms with Crippen LogP contribution >= 0.6 is 11.8 Å². The molecule has 3 aromatic rings. The molecule has 8 heteroatoms. The van der Waals surface area contributed by atoms with Crippen LogP contribution in [0.4, 0.5) is 4.79 Å². The Labute approximate surface area is 226 Å². The molecule has 3 aromatic carbocycles. The van der Waals surface area contributed by atoms with Crippen molar-refractivity contribution >= 4 is 45.7 Å². The van der Waals surface area contributed by atoms with Crippen molar-refractivity contribution in [2.75, 3.05) is 26.2 Å². The third-order valence-corrected chi connectivity index (χ3v) is 7.56. The molecule has 2 heterocycles. The molecule has 2 fully saturated rings. The number of hydrogen-bond acceptors (Lipinski definition) is 6. The van der Waals surface area contributed by atoms with E-state index in [9.17, 15) is 14.4 Å². The van der Waals surface area contributed by atoms with E-state index < -0.39 is 11.1 Å². The number of imide groups is 1. The molecule has 0 aromatic heterocycles. The Bertz CT molecular complexity index is 1400. The summed E-state index contributed by atoms with van der Waals surface area (Å²) in [5, 5.41) is 1.91. The van der Waals surface area contributed by atoms with Gasteiger partial charge in [0.05, 0.1) is 11.5 Å². The number of nitrogens with zero attached hydrogens (tertiary/aromatic N) is 2. The quantitative estimate of drug-likeness (QED) is 0.339. The molecule has 0 atom stereocenters. The second-order valence-corrected chi connectivity index (χ2v) is 10.3. The van der Waals surface area contributed by atoms with Crippen LogP contribution in [-0.4, -0.2) is 53.1 Å². The number of hydrogen-bond donors (Lipinski definition) is 0. The number of carbonyl (C=O) groups is 3. The zero-order valence-electron chi connectivity index (χ0n) is 21.4. The molecule has 0 unspecified atom stereocenters. The Morgan fingerprint density at radius 2 is 1.71 bits per heavy atom. The summed E-state index contributed by atoms with van der Waals surface area (Å²) in [6.07, 6.45) is 4.67. The second kappa shape index (κ2) is 11.7. The lowest BCUT2D eigenvalue weighted by atomic mass is 10.1. The van der Waals surface area contributed by atoms with Gasteiger partial charge in [0.1, 0.15) is 13.2 Å². The molecule has 7 nitrogen and oxygen atoms in total. The lowest BCUT2D eigenvalue weighted by Crippen LogP contribution is -2.44. The van der Waals surface area contributed by atoms with Gasteiger partial charge >= 0.3 is 0 Å². The van der Waals surface area contributed by atoms with Crippen molar-refractivity contribution in [3.05, 3.63) is 76.7 Å². The highest BCUT2D eigenvalue weighted by atomic mass is 32.2. The lowest BCUT2D eigenvalue weighted by Gasteiger charge is -2.27. The van der Waals surface area contributed by atoms with Gasteiger partial charge in [0.25, 0.3) is 11.1 Å². The topological polar surface area (TPSA) is 76.2 Å². The molecule has 0 spiro atoms. The molecule has 2 saturated heterocycles. The minimum absolute atomic E-state index is 0.181. The molecule has 2 aliphatic rings. The zero-order chi connectivity index (χ0) is 26.5. The van der Waals surface area contributed by atoms with E-state index in [0.717, 1.165) is 46.9 Å². The van der Waals surface area contributed by atoms with Crippen molar-refractivity contribution in [3.8, 4) is 11.5 Å². The van der Waals surface area contributed by atoms with E-state index in [-0.39, 0.29) is 17.4 Å². The molecule has 0 saturated carbocycles. The fourth-order valence-electron chi connectivity index (χ4n) is 4.66. The van der Waals surface area contributed by atoms with E-state index in [2.05, 4.69) is 24.3 Å². The minimum atomic E-state index is -0.444. The summed E-state index contributed by atoms with van der Waals surface area (Å²) in [7, 11) is 0. The van der Waals surface area contributed by atoms with Crippen molar-refractivity contribution < 1.29 is 23.9 Å². The first-order valence-electron chi connectivity index (χ1n) is 12.9. The van der Waals surface area contributed by atoms with Gasteiger partial charge < -0.3 is 14.4 Å². The van der Waals surface area contributed by atoms with Crippen LogP contribution in [-0.2, 0) is 16.2 Å². The lowest BCUT2D eigenvalue weighted by molar-refractivity contribution is -0.136. The Balaban J connectivity index is 1.28. The summed E-state index contributed by atoms with van der Waals surface area (Å²) in [5.41, 5.74) is 1.75. The van der Waals surface area contributed by atoms with E-state index in [1.165, 1.54) is 5.39 Å². The molecule has 0 N–H and O–H groups in total. The number of carbonyl (C=O) groups excluding carboxylic acids is 3. The summed E-state index contributed by atoms with van der Waals surface area (Å²) < 4.78 is 11.9. The highest BCUT2D eigenvalue weighted by Crippen LogP contribution is 2.35. The zero-order valence-corrected chi connectivity index (χ0v) is 22.2. The van der Waals surface area contributed by atoms with Crippen molar-refractivity contribution in [3.63, 3.8) is 0 Å². The Morgan fingerprint density at radius 3 is 2.50 bits per heavy atom. The van der Waals surface area contributed by atoms with Crippen molar-refractivity contribution in [1.29, 1.82) is 0 Å². The summed E-state index contributed by atoms with van der Waals surface area (Å²) in [5.74, 6) is 0.527. The maximum atomic E-state index is 13.0. The SMILES string of the molecule is CCOc1cc(/C=C2/SC(=O)N(CC(=O)N3CCCCC3)C2=O)ccc1OCc1ccc2ccccc2c1. The Morgan fingerprint density at radius 1 is 0.921 bits per heavy atom. The minimum Gasteiger partial charge on any atom is -0.490 e. The highest BCUT2D eigenvalue weighted by Gasteiger charge is 2.37. The molecule has 0 aliphatic carbocycles. The van der Waals surface area contributed by atoms with Gasteiger partial charge in [-0.3, -0.25) is 19.3 Å². The number of amides is 3. The molecule has 3 amide bonds. The number of benzene rings is 3. The largest absolute Gasteiger partial charge is 0.490 e. The number of fused-ring (bicyclic) bond motifs is 1. The number of likely N-dealkylation sites (tertiary alicyclic amines) is 1. The van der Waals surface area contributed by atoms with Crippen LogP contribution in [0.5, 0.6) is 11.5 Å². The van der Waals surface area contributed by atoms with E-state index >= 15 is 0 Å². The van der Waals surface area contributed by atoms with Crippen LogP contribution < -0.4 is 9.47 Å². The maximum Gasteiger partial charge on any atom is 0.294 e. The average Bonchev–Trinajstić information content (AvgIpc) is 3.20. The molecule has 2 aliphatic heterocycles. The summed E-state index contributed by atoms with van der Waals surface area (Å²) in [6.45, 7) is 3.87. The predicted octanol–water partition coefficient (Wildman–Crippen LogP) is 5.87. The van der Waals surface area contributed by atoms with Gasteiger partial charge in [-0.1, -0.05) is 42.5 Å². The standard InChI is InChI=1S/C30H30N2O5S/c1-2-36-26-17-21(11-13-25(26)37-20-22-10-12-23-8-4-5-9-24(23)16-22)18-27-29(34)32(30(35)38-27)19-28(33)31-14-6-3-7-15-31/h4-5,8-13,16-18H,2-3,6-7,14-15,19-20H2,1H3/b27-18+. The third-order valence-electron chi connectivity index (χ3n) is 6.65. The van der Waals surface area contributed by atoms with Crippen molar-refractivity contribution in [1.82, 2.24) is 9.80 Å². The van der Waals surface area contributed by atoms with Crippen LogP contribution in [0.2, 0.25) is 0 Å². The maximum absolute atomic E-state index is 13.0. The molecular weight excluding hydrogens is 500 g/mol. The van der Waals surface area contributed by atoms with E-state index in [4.69, 9.17) is 9.47 Å². The van der Waals surface area contributed by atoms with Gasteiger partial charge in [-0.2, -0.15) is 0 Å². The summed E-state index contributed by atoms with van der Waals surface area (Å²) >= 11 is 0.853. The fraction of sp³-hybridized carbons (Fsp3) is 0.300. The first kappa shape index (κ1) is 25.9. The molecule has 196 valence electrons. The monoisotopic (exact) mass is 530 g/mol. The average molecular weight is 531 g/mol. The highest BCUT2D eigenvalue weighted by molar-refractivity contribution is 8.18. The number of thioether (sulfide) groups is 1. The van der Waals surface area contributed by atoms with Gasteiger partial charge in [-0.15, -0.1) is 0 Å². The first-order valence-corrected chi connectivity index (χ1v) is 13.7. The van der Waals surface area contributed by atoms with Crippen LogP contribution in [0.15, 0.2) is 65.6 Å². The smallest absolute Gasteiger partial charge is 0.294 e. The van der Waals surface area contributed by atoms with Gasteiger partial charge in [-0.25, -0.2) is 0 Å². The summed E-state index contributed by atoms with van der Waals surface area (Å²) in [4.78, 5) is 41.2. The van der Waals surface area contributed by atoms with E-state index in [1.54, 1.807) is 17.0 Å². The third kappa shape index (κ3) is 5.86. The fourth-order valence-corrected chi connectivity index (χ4v) is 5.50. The second-order valence-electron chi connectivity index (χ2n) is 9.32. The summed E-state index contributed by atoms with van der Waals surface area (Å²) in [6, 6.07) is 19.8. The van der Waals surface area contributed by atoms with Gasteiger partial charge in [0, 0.05) is 13.1 Å². The first-order chi connectivity index (χ1) is 18.5. The number of rotatable bonds is 8. The van der Waals surface area contributed by atoms with Gasteiger partial charge in [0.15, 0.2) is 11.5 Å². The van der Waals surface area contributed by atoms with Gasteiger partial charge in [0.2, 0.25) is 5.91 Å². The van der Waals surface area contributed by atoms with Gasteiger partial charge in [-0.05, 0) is 84.1 Å². The normalized spacial score (nSPS) is 16.9. The van der Waals surface area contributed by atoms with Crippen LogP contribution in [0, 0.1) is 0 Å². The van der Waals surface area contributed by atoms with Crippen LogP contribution in [0.3, 0.4) is 0 Å². The Kier molecular flexibility index (Phi) is 7.98. The number of piperidine rings is 1. The van der Waals surface area contributed by atoms with Crippen LogP contribution in [0.25, 0.3) is 16.8 Å². The molecule has 0 radical (unpaired) electrons. The van der Waals surface area contributed by atoms with Crippen molar-refractivity contribution in [2.45, 2.75) is 32.8 Å². The van der Waals surface area contributed by atoms with E-state index in [1.807, 2.05) is 37.3 Å². The predicted molar refractivity (Wildman–Crippen MR) is 149 cm³/mol. The number of ether oxygens (including phenoxy) is 2. The molecule has 5 rings (SSSR count). The Hall–Kier alpha value is -3.78. The van der Waals surface area contributed by atoms with Crippen molar-refractivity contribution in [2.24, 2.45) is 0 Å². The van der Waals surface area contributed by atoms with E-state index in [0.29, 0.717) is 43.4 Å². The van der Waals surface area contributed by atoms with Crippen LogP contribution in [0.1, 0.15) is 37.3 Å². The molecule has 0 bridgehead atoms.